The van der Waals surface area contributed by atoms with E-state index in [2.05, 4.69) is 0 Å². The molecular weight excluding hydrogens is 180 g/mol. The number of benzene rings is 1. The summed E-state index contributed by atoms with van der Waals surface area (Å²) in [7, 11) is 0. The molecule has 1 aromatic rings. The number of rotatable bonds is 3. The van der Waals surface area contributed by atoms with Gasteiger partial charge in [0.25, 0.3) is 5.69 Å². The van der Waals surface area contributed by atoms with Gasteiger partial charge in [0.2, 0.25) is 0 Å². The fourth-order valence-electron chi connectivity index (χ4n) is 1.29. The van der Waals surface area contributed by atoms with Gasteiger partial charge >= 0.3 is 0 Å². The van der Waals surface area contributed by atoms with Crippen LogP contribution in [0.15, 0.2) is 24.3 Å². The first-order valence-corrected chi connectivity index (χ1v) is 4.53. The van der Waals surface area contributed by atoms with E-state index < -0.39 is 4.92 Å². The van der Waals surface area contributed by atoms with Crippen LogP contribution in [0.4, 0.5) is 5.69 Å². The van der Waals surface area contributed by atoms with Gasteiger partial charge in [-0.15, -0.1) is 0 Å². The van der Waals surface area contributed by atoms with Crippen molar-refractivity contribution in [3.8, 4) is 0 Å². The summed E-state index contributed by atoms with van der Waals surface area (Å²) < 4.78 is 0. The molecular formula is C10H14N2O2. The summed E-state index contributed by atoms with van der Waals surface area (Å²) in [4.78, 5) is 10.3. The molecule has 76 valence electrons. The monoisotopic (exact) mass is 194 g/mol. The highest BCUT2D eigenvalue weighted by atomic mass is 16.6. The summed E-state index contributed by atoms with van der Waals surface area (Å²) in [5.74, 6) is 0.191. The summed E-state index contributed by atoms with van der Waals surface area (Å²) in [6.07, 6.45) is 0. The maximum absolute atomic E-state index is 10.7. The summed E-state index contributed by atoms with van der Waals surface area (Å²) in [5.41, 5.74) is 6.58. The highest BCUT2D eigenvalue weighted by molar-refractivity contribution is 5.41. The average Bonchev–Trinajstić information content (AvgIpc) is 2.16. The molecule has 0 saturated carbocycles. The molecule has 1 atom stereocenters. The molecule has 0 aliphatic heterocycles. The molecule has 0 saturated heterocycles. The van der Waals surface area contributed by atoms with Crippen molar-refractivity contribution in [1.82, 2.24) is 0 Å². The van der Waals surface area contributed by atoms with E-state index in [4.69, 9.17) is 5.73 Å². The Kier molecular flexibility index (Phi) is 3.19. The molecule has 14 heavy (non-hydrogen) atoms. The van der Waals surface area contributed by atoms with Crippen molar-refractivity contribution in [3.05, 3.63) is 39.9 Å². The Hall–Kier alpha value is -1.42. The van der Waals surface area contributed by atoms with Gasteiger partial charge in [0.05, 0.1) is 4.92 Å². The molecule has 0 amide bonds. The van der Waals surface area contributed by atoms with Crippen molar-refractivity contribution in [2.75, 3.05) is 0 Å². The minimum atomic E-state index is -0.391. The molecule has 0 fully saturated rings. The van der Waals surface area contributed by atoms with Crippen LogP contribution in [0, 0.1) is 16.0 Å². The van der Waals surface area contributed by atoms with Crippen LogP contribution < -0.4 is 5.73 Å². The second-order valence-corrected chi connectivity index (χ2v) is 3.59. The minimum absolute atomic E-state index is 0.105. The maximum Gasteiger partial charge on any atom is 0.274 e. The zero-order chi connectivity index (χ0) is 10.7. The van der Waals surface area contributed by atoms with Crippen LogP contribution in [0.1, 0.15) is 25.5 Å². The predicted molar refractivity (Wildman–Crippen MR) is 54.9 cm³/mol. The molecule has 0 aromatic heterocycles. The molecule has 4 heteroatoms. The first kappa shape index (κ1) is 10.7. The average molecular weight is 194 g/mol. The molecule has 4 nitrogen and oxygen atoms in total. The Morgan fingerprint density at radius 1 is 1.36 bits per heavy atom. The van der Waals surface area contributed by atoms with E-state index in [-0.39, 0.29) is 17.6 Å². The Morgan fingerprint density at radius 2 is 1.93 bits per heavy atom. The molecule has 1 rings (SSSR count). The number of nitro benzene ring substituents is 1. The Balaban J connectivity index is 3.13. The lowest BCUT2D eigenvalue weighted by Gasteiger charge is -2.15. The van der Waals surface area contributed by atoms with Crippen LogP contribution >= 0.6 is 0 Å². The smallest absolute Gasteiger partial charge is 0.274 e. The van der Waals surface area contributed by atoms with E-state index in [1.54, 1.807) is 18.2 Å². The zero-order valence-corrected chi connectivity index (χ0v) is 8.31. The van der Waals surface area contributed by atoms with E-state index in [0.717, 1.165) is 0 Å². The van der Waals surface area contributed by atoms with E-state index in [9.17, 15) is 10.1 Å². The van der Waals surface area contributed by atoms with Crippen LogP contribution in [0.5, 0.6) is 0 Å². The minimum Gasteiger partial charge on any atom is -0.324 e. The van der Waals surface area contributed by atoms with Gasteiger partial charge in [0.1, 0.15) is 0 Å². The lowest BCUT2D eigenvalue weighted by Crippen LogP contribution is -2.17. The molecule has 2 N–H and O–H groups in total. The number of hydrogen-bond donors (Lipinski definition) is 1. The van der Waals surface area contributed by atoms with E-state index >= 15 is 0 Å². The van der Waals surface area contributed by atoms with Gasteiger partial charge in [-0.2, -0.15) is 0 Å². The van der Waals surface area contributed by atoms with Gasteiger partial charge < -0.3 is 5.73 Å². The molecule has 0 spiro atoms. The Bertz CT molecular complexity index is 337. The van der Waals surface area contributed by atoms with Crippen molar-refractivity contribution >= 4 is 5.69 Å². The third-order valence-corrected chi connectivity index (χ3v) is 2.21. The third kappa shape index (κ3) is 2.09. The van der Waals surface area contributed by atoms with E-state index in [0.29, 0.717) is 5.56 Å². The van der Waals surface area contributed by atoms with Crippen LogP contribution in [0.3, 0.4) is 0 Å². The van der Waals surface area contributed by atoms with E-state index in [1.807, 2.05) is 13.8 Å². The van der Waals surface area contributed by atoms with E-state index in [1.165, 1.54) is 6.07 Å². The first-order chi connectivity index (χ1) is 6.54. The van der Waals surface area contributed by atoms with Gasteiger partial charge in [-0.1, -0.05) is 32.0 Å². The number of para-hydroxylation sites is 1. The van der Waals surface area contributed by atoms with Crippen molar-refractivity contribution in [1.29, 1.82) is 0 Å². The fraction of sp³-hybridized carbons (Fsp3) is 0.400. The normalized spacial score (nSPS) is 12.9. The largest absolute Gasteiger partial charge is 0.324 e. The number of nitro groups is 1. The molecule has 0 unspecified atom stereocenters. The lowest BCUT2D eigenvalue weighted by atomic mass is 9.96. The second-order valence-electron chi connectivity index (χ2n) is 3.59. The van der Waals surface area contributed by atoms with Crippen molar-refractivity contribution < 1.29 is 4.92 Å². The molecule has 0 bridgehead atoms. The van der Waals surface area contributed by atoms with Gasteiger partial charge in [0, 0.05) is 17.7 Å². The number of hydrogen-bond acceptors (Lipinski definition) is 3. The van der Waals surface area contributed by atoms with Gasteiger partial charge in [0.15, 0.2) is 0 Å². The van der Waals surface area contributed by atoms with Gasteiger partial charge in [-0.25, -0.2) is 0 Å². The summed E-state index contributed by atoms with van der Waals surface area (Å²) in [6.45, 7) is 3.89. The molecule has 0 aliphatic rings. The van der Waals surface area contributed by atoms with Gasteiger partial charge in [-0.05, 0) is 5.92 Å². The topological polar surface area (TPSA) is 69.2 Å². The summed E-state index contributed by atoms with van der Waals surface area (Å²) >= 11 is 0. The maximum atomic E-state index is 10.7. The highest BCUT2D eigenvalue weighted by Gasteiger charge is 2.20. The lowest BCUT2D eigenvalue weighted by molar-refractivity contribution is -0.385. The quantitative estimate of drug-likeness (QED) is 0.592. The summed E-state index contributed by atoms with van der Waals surface area (Å²) in [5, 5.41) is 10.7. The van der Waals surface area contributed by atoms with Gasteiger partial charge in [-0.3, -0.25) is 10.1 Å². The van der Waals surface area contributed by atoms with Crippen LogP contribution in [0.25, 0.3) is 0 Å². The van der Waals surface area contributed by atoms with Crippen molar-refractivity contribution in [2.24, 2.45) is 11.7 Å². The fourth-order valence-corrected chi connectivity index (χ4v) is 1.29. The second kappa shape index (κ2) is 4.19. The Labute approximate surface area is 82.9 Å². The molecule has 0 aliphatic carbocycles. The predicted octanol–water partition coefficient (Wildman–Crippen LogP) is 2.25. The highest BCUT2D eigenvalue weighted by Crippen LogP contribution is 2.27. The molecule has 0 heterocycles. The first-order valence-electron chi connectivity index (χ1n) is 4.53. The third-order valence-electron chi connectivity index (χ3n) is 2.21. The SMILES string of the molecule is CC(C)[C@H](N)c1ccccc1[N+](=O)[O-]. The molecule has 0 radical (unpaired) electrons. The van der Waals surface area contributed by atoms with Crippen LogP contribution in [-0.2, 0) is 0 Å². The van der Waals surface area contributed by atoms with Crippen LogP contribution in [-0.4, -0.2) is 4.92 Å². The van der Waals surface area contributed by atoms with Crippen molar-refractivity contribution in [2.45, 2.75) is 19.9 Å². The Morgan fingerprint density at radius 3 is 2.43 bits per heavy atom. The standard InChI is InChI=1S/C10H14N2O2/c1-7(2)10(11)8-5-3-4-6-9(8)12(13)14/h3-7,10H,11H2,1-2H3/t10-/m0/s1. The zero-order valence-electron chi connectivity index (χ0n) is 8.31. The number of nitrogens with two attached hydrogens (primary N) is 1. The van der Waals surface area contributed by atoms with Crippen molar-refractivity contribution in [3.63, 3.8) is 0 Å². The number of nitrogens with zero attached hydrogens (tertiary/aromatic N) is 1. The van der Waals surface area contributed by atoms with Crippen LogP contribution in [0.2, 0.25) is 0 Å². The molecule has 1 aromatic carbocycles. The summed E-state index contributed by atoms with van der Waals surface area (Å²) in [6, 6.07) is 6.33.